The van der Waals surface area contributed by atoms with Crippen LogP contribution in [0.15, 0.2) is 24.3 Å². The number of amides is 1. The predicted molar refractivity (Wildman–Crippen MR) is 80.0 cm³/mol. The van der Waals surface area contributed by atoms with E-state index in [4.69, 9.17) is 0 Å². The highest BCUT2D eigenvalue weighted by atomic mass is 19.4. The maximum Gasteiger partial charge on any atom is 0.573 e. The van der Waals surface area contributed by atoms with E-state index < -0.39 is 6.36 Å². The highest BCUT2D eigenvalue weighted by Gasteiger charge is 2.31. The van der Waals surface area contributed by atoms with Crippen LogP contribution in [-0.4, -0.2) is 31.4 Å². The number of rotatable bonds is 5. The molecule has 1 heterocycles. The Morgan fingerprint density at radius 2 is 2.04 bits per heavy atom. The topological polar surface area (TPSA) is 50.4 Å². The Morgan fingerprint density at radius 1 is 1.35 bits per heavy atom. The first-order valence-corrected chi connectivity index (χ1v) is 7.68. The van der Waals surface area contributed by atoms with Crippen molar-refractivity contribution in [3.05, 3.63) is 29.8 Å². The summed E-state index contributed by atoms with van der Waals surface area (Å²) < 4.78 is 40.0. The molecule has 2 rings (SSSR count). The first-order chi connectivity index (χ1) is 10.8. The van der Waals surface area contributed by atoms with Gasteiger partial charge in [0.2, 0.25) is 5.91 Å². The van der Waals surface area contributed by atoms with Gasteiger partial charge in [0.1, 0.15) is 5.75 Å². The molecule has 23 heavy (non-hydrogen) atoms. The maximum absolute atomic E-state index is 12.1. The van der Waals surface area contributed by atoms with Gasteiger partial charge in [-0.25, -0.2) is 0 Å². The van der Waals surface area contributed by atoms with Crippen molar-refractivity contribution in [1.29, 1.82) is 0 Å². The second kappa shape index (κ2) is 7.68. The summed E-state index contributed by atoms with van der Waals surface area (Å²) in [6.07, 6.45) is -2.87. The van der Waals surface area contributed by atoms with Crippen molar-refractivity contribution in [3.8, 4) is 5.75 Å². The largest absolute Gasteiger partial charge is 0.573 e. The minimum Gasteiger partial charge on any atom is -0.406 e. The Labute approximate surface area is 133 Å². The van der Waals surface area contributed by atoms with E-state index in [2.05, 4.69) is 22.3 Å². The van der Waals surface area contributed by atoms with Gasteiger partial charge in [-0.15, -0.1) is 13.2 Å². The molecular formula is C16H21F3N2O2. The number of hydrogen-bond donors (Lipinski definition) is 2. The second-order valence-corrected chi connectivity index (χ2v) is 5.84. The number of benzene rings is 1. The van der Waals surface area contributed by atoms with Crippen LogP contribution in [0, 0.1) is 5.92 Å². The summed E-state index contributed by atoms with van der Waals surface area (Å²) in [7, 11) is 0. The van der Waals surface area contributed by atoms with Crippen molar-refractivity contribution in [2.24, 2.45) is 5.92 Å². The van der Waals surface area contributed by atoms with Crippen LogP contribution in [0.3, 0.4) is 0 Å². The fraction of sp³-hybridized carbons (Fsp3) is 0.562. The third-order valence-electron chi connectivity index (χ3n) is 3.97. The zero-order chi connectivity index (χ0) is 16.9. The third-order valence-corrected chi connectivity index (χ3v) is 3.97. The van der Waals surface area contributed by atoms with Crippen molar-refractivity contribution in [3.63, 3.8) is 0 Å². The molecule has 4 nitrogen and oxygen atoms in total. The number of alkyl halides is 3. The molecule has 0 radical (unpaired) electrons. The van der Waals surface area contributed by atoms with Crippen LogP contribution < -0.4 is 15.4 Å². The Bertz CT molecular complexity index is 517. The molecule has 7 heteroatoms. The number of ether oxygens (including phenoxy) is 1. The van der Waals surface area contributed by atoms with Gasteiger partial charge in [0.05, 0.1) is 0 Å². The van der Waals surface area contributed by atoms with E-state index in [9.17, 15) is 18.0 Å². The molecule has 0 bridgehead atoms. The number of halogens is 3. The molecule has 2 atom stereocenters. The first-order valence-electron chi connectivity index (χ1n) is 7.68. The Morgan fingerprint density at radius 3 is 2.65 bits per heavy atom. The van der Waals surface area contributed by atoms with Crippen LogP contribution in [0.25, 0.3) is 0 Å². The van der Waals surface area contributed by atoms with Gasteiger partial charge in [-0.2, -0.15) is 0 Å². The van der Waals surface area contributed by atoms with Crippen molar-refractivity contribution in [2.45, 2.75) is 38.6 Å². The van der Waals surface area contributed by atoms with Gasteiger partial charge in [-0.1, -0.05) is 19.1 Å². The molecule has 128 valence electrons. The molecule has 1 aliphatic heterocycles. The first kappa shape index (κ1) is 17.6. The van der Waals surface area contributed by atoms with E-state index in [0.29, 0.717) is 18.8 Å². The van der Waals surface area contributed by atoms with Crippen LogP contribution in [0.1, 0.15) is 25.3 Å². The average molecular weight is 330 g/mol. The molecule has 2 N–H and O–H groups in total. The SMILES string of the molecule is CC1CCNCC1NC(=O)CCc1ccc(OC(F)(F)F)cc1. The lowest BCUT2D eigenvalue weighted by Crippen LogP contribution is -2.50. The number of aryl methyl sites for hydroxylation is 1. The molecule has 0 saturated carbocycles. The third kappa shape index (κ3) is 6.09. The quantitative estimate of drug-likeness (QED) is 0.873. The van der Waals surface area contributed by atoms with Gasteiger partial charge in [-0.3, -0.25) is 4.79 Å². The normalized spacial score (nSPS) is 21.7. The summed E-state index contributed by atoms with van der Waals surface area (Å²) in [6.45, 7) is 3.86. The van der Waals surface area contributed by atoms with Crippen LogP contribution in [0.5, 0.6) is 5.75 Å². The van der Waals surface area contributed by atoms with Crippen LogP contribution in [-0.2, 0) is 11.2 Å². The number of carbonyl (C=O) groups is 1. The van der Waals surface area contributed by atoms with Crippen LogP contribution >= 0.6 is 0 Å². The lowest BCUT2D eigenvalue weighted by molar-refractivity contribution is -0.274. The lowest BCUT2D eigenvalue weighted by atomic mass is 9.94. The van der Waals surface area contributed by atoms with E-state index in [-0.39, 0.29) is 17.7 Å². The van der Waals surface area contributed by atoms with Crippen molar-refractivity contribution >= 4 is 5.91 Å². The van der Waals surface area contributed by atoms with Crippen molar-refractivity contribution in [1.82, 2.24) is 10.6 Å². The molecule has 1 fully saturated rings. The number of hydrogen-bond acceptors (Lipinski definition) is 3. The number of carbonyl (C=O) groups excluding carboxylic acids is 1. The zero-order valence-corrected chi connectivity index (χ0v) is 13.0. The highest BCUT2D eigenvalue weighted by Crippen LogP contribution is 2.23. The van der Waals surface area contributed by atoms with E-state index in [1.54, 1.807) is 12.1 Å². The van der Waals surface area contributed by atoms with Gasteiger partial charge in [0, 0.05) is 19.0 Å². The smallest absolute Gasteiger partial charge is 0.406 e. The molecule has 0 spiro atoms. The minimum absolute atomic E-state index is 0.0406. The van der Waals surface area contributed by atoms with E-state index in [0.717, 1.165) is 25.1 Å². The van der Waals surface area contributed by atoms with Crippen LogP contribution in [0.4, 0.5) is 13.2 Å². The van der Waals surface area contributed by atoms with Crippen molar-refractivity contribution < 1.29 is 22.7 Å². The predicted octanol–water partition coefficient (Wildman–Crippen LogP) is 2.63. The molecule has 0 aromatic heterocycles. The van der Waals surface area contributed by atoms with Gasteiger partial charge in [0.25, 0.3) is 0 Å². The van der Waals surface area contributed by atoms with Crippen molar-refractivity contribution in [2.75, 3.05) is 13.1 Å². The fourth-order valence-corrected chi connectivity index (χ4v) is 2.58. The summed E-state index contributed by atoms with van der Waals surface area (Å²) in [5, 5.41) is 6.26. The zero-order valence-electron chi connectivity index (χ0n) is 13.0. The van der Waals surface area contributed by atoms with E-state index >= 15 is 0 Å². The van der Waals surface area contributed by atoms with Gasteiger partial charge >= 0.3 is 6.36 Å². The van der Waals surface area contributed by atoms with Crippen LogP contribution in [0.2, 0.25) is 0 Å². The lowest BCUT2D eigenvalue weighted by Gasteiger charge is -2.30. The van der Waals surface area contributed by atoms with E-state index in [1.165, 1.54) is 12.1 Å². The molecular weight excluding hydrogens is 309 g/mol. The number of nitrogens with one attached hydrogen (secondary N) is 2. The summed E-state index contributed by atoms with van der Waals surface area (Å²) >= 11 is 0. The maximum atomic E-state index is 12.1. The van der Waals surface area contributed by atoms with Gasteiger partial charge < -0.3 is 15.4 Å². The highest BCUT2D eigenvalue weighted by molar-refractivity contribution is 5.76. The molecule has 1 amide bonds. The standard InChI is InChI=1S/C16H21F3N2O2/c1-11-8-9-20-10-14(11)21-15(22)7-4-12-2-5-13(6-3-12)23-16(17,18)19/h2-3,5-6,11,14,20H,4,7-10H2,1H3,(H,21,22). The molecule has 1 saturated heterocycles. The molecule has 1 aromatic rings. The summed E-state index contributed by atoms with van der Waals surface area (Å²) in [6, 6.07) is 5.74. The molecule has 1 aromatic carbocycles. The monoisotopic (exact) mass is 330 g/mol. The Kier molecular flexibility index (Phi) is 5.87. The number of piperidine rings is 1. The van der Waals surface area contributed by atoms with E-state index in [1.807, 2.05) is 0 Å². The average Bonchev–Trinajstić information content (AvgIpc) is 2.47. The van der Waals surface area contributed by atoms with Gasteiger partial charge in [0.15, 0.2) is 0 Å². The fourth-order valence-electron chi connectivity index (χ4n) is 2.58. The summed E-state index contributed by atoms with van der Waals surface area (Å²) in [5.41, 5.74) is 0.796. The molecule has 0 aliphatic carbocycles. The Hall–Kier alpha value is -1.76. The Balaban J connectivity index is 1.77. The van der Waals surface area contributed by atoms with Gasteiger partial charge in [-0.05, 0) is 43.0 Å². The molecule has 2 unspecified atom stereocenters. The second-order valence-electron chi connectivity index (χ2n) is 5.84. The molecule has 1 aliphatic rings. The summed E-state index contributed by atoms with van der Waals surface area (Å²) in [4.78, 5) is 12.0. The minimum atomic E-state index is -4.69. The summed E-state index contributed by atoms with van der Waals surface area (Å²) in [5.74, 6) is 0.146.